The van der Waals surface area contributed by atoms with E-state index in [2.05, 4.69) is 20.9 Å². The number of nitrogens with zero attached hydrogens (tertiary/aromatic N) is 1. The van der Waals surface area contributed by atoms with Crippen LogP contribution in [0.25, 0.3) is 0 Å². The van der Waals surface area contributed by atoms with Gasteiger partial charge in [0.25, 0.3) is 0 Å². The monoisotopic (exact) mass is 530 g/mol. The van der Waals surface area contributed by atoms with E-state index in [1.54, 1.807) is 13.8 Å². The van der Waals surface area contributed by atoms with Crippen molar-refractivity contribution in [2.45, 2.75) is 76.5 Å². The molecule has 0 aliphatic rings. The Morgan fingerprint density at radius 1 is 0.865 bits per heavy atom. The van der Waals surface area contributed by atoms with Crippen LogP contribution in [-0.4, -0.2) is 82.5 Å². The number of amides is 4. The Kier molecular flexibility index (Phi) is 14.9. The SMILES string of the molecule is CCC(C)C(NC(=O)C(CC(N)=O)NC(=O)C(N)CCC(=O)O)C(=O)NC(CCCN=C(N)N)C(=O)O. The maximum Gasteiger partial charge on any atom is 0.326 e. The Hall–Kier alpha value is -3.95. The van der Waals surface area contributed by atoms with Gasteiger partial charge in [0.15, 0.2) is 5.96 Å². The fraction of sp³-hybridized carbons (Fsp3) is 0.667. The van der Waals surface area contributed by atoms with Gasteiger partial charge in [-0.2, -0.15) is 0 Å². The molecule has 16 nitrogen and oxygen atoms in total. The van der Waals surface area contributed by atoms with Gasteiger partial charge < -0.3 is 49.1 Å². The number of primary amides is 1. The van der Waals surface area contributed by atoms with Crippen LogP contribution in [0.2, 0.25) is 0 Å². The molecular formula is C21H38N8O8. The first-order valence-corrected chi connectivity index (χ1v) is 11.6. The van der Waals surface area contributed by atoms with Crippen molar-refractivity contribution in [2.75, 3.05) is 6.54 Å². The number of nitrogens with one attached hydrogen (secondary N) is 3. The number of hydrogen-bond donors (Lipinski definition) is 9. The lowest BCUT2D eigenvalue weighted by Crippen LogP contribution is -2.59. The third-order valence-corrected chi connectivity index (χ3v) is 5.40. The molecule has 0 saturated carbocycles. The molecule has 0 rings (SSSR count). The minimum Gasteiger partial charge on any atom is -0.481 e. The molecule has 5 atom stereocenters. The van der Waals surface area contributed by atoms with Crippen molar-refractivity contribution >= 4 is 41.5 Å². The average Bonchev–Trinajstić information content (AvgIpc) is 2.80. The summed E-state index contributed by atoms with van der Waals surface area (Å²) in [5, 5.41) is 25.3. The molecule has 0 aromatic rings. The molecule has 0 fully saturated rings. The predicted octanol–water partition coefficient (Wildman–Crippen LogP) is -3.31. The van der Waals surface area contributed by atoms with Crippen LogP contribution in [0, 0.1) is 5.92 Å². The average molecular weight is 531 g/mol. The second-order valence-corrected chi connectivity index (χ2v) is 8.49. The van der Waals surface area contributed by atoms with Crippen molar-refractivity contribution in [1.29, 1.82) is 0 Å². The molecule has 0 aliphatic carbocycles. The van der Waals surface area contributed by atoms with Gasteiger partial charge in [0, 0.05) is 13.0 Å². The van der Waals surface area contributed by atoms with Gasteiger partial charge in [-0.25, -0.2) is 4.79 Å². The van der Waals surface area contributed by atoms with Crippen LogP contribution in [0.3, 0.4) is 0 Å². The molecule has 4 amide bonds. The fourth-order valence-corrected chi connectivity index (χ4v) is 3.08. The second-order valence-electron chi connectivity index (χ2n) is 8.49. The van der Waals surface area contributed by atoms with Crippen LogP contribution in [0.1, 0.15) is 52.4 Å². The van der Waals surface area contributed by atoms with Gasteiger partial charge >= 0.3 is 11.9 Å². The van der Waals surface area contributed by atoms with Gasteiger partial charge in [0.2, 0.25) is 23.6 Å². The zero-order chi connectivity index (χ0) is 28.7. The smallest absolute Gasteiger partial charge is 0.326 e. The van der Waals surface area contributed by atoms with Crippen LogP contribution < -0.4 is 38.9 Å². The van der Waals surface area contributed by atoms with Crippen LogP contribution in [0.5, 0.6) is 0 Å². The minimum absolute atomic E-state index is 0.00755. The van der Waals surface area contributed by atoms with E-state index in [4.69, 9.17) is 28.0 Å². The highest BCUT2D eigenvalue weighted by atomic mass is 16.4. The molecular weight excluding hydrogens is 492 g/mol. The number of carboxylic acid groups (broad SMARTS) is 2. The highest BCUT2D eigenvalue weighted by molar-refractivity contribution is 5.96. The predicted molar refractivity (Wildman–Crippen MR) is 131 cm³/mol. The summed E-state index contributed by atoms with van der Waals surface area (Å²) in [5.41, 5.74) is 21.3. The summed E-state index contributed by atoms with van der Waals surface area (Å²) in [6, 6.07) is -5.29. The zero-order valence-corrected chi connectivity index (χ0v) is 20.9. The summed E-state index contributed by atoms with van der Waals surface area (Å²) in [5.74, 6) is -6.65. The van der Waals surface area contributed by atoms with Crippen molar-refractivity contribution in [3.05, 3.63) is 0 Å². The van der Waals surface area contributed by atoms with Gasteiger partial charge in [-0.3, -0.25) is 29.0 Å². The Balaban J connectivity index is 5.52. The molecule has 0 aliphatic heterocycles. The van der Waals surface area contributed by atoms with E-state index in [-0.39, 0.29) is 31.8 Å². The van der Waals surface area contributed by atoms with E-state index < -0.39 is 78.5 Å². The molecule has 0 radical (unpaired) electrons. The summed E-state index contributed by atoms with van der Waals surface area (Å²) in [7, 11) is 0. The third kappa shape index (κ3) is 13.6. The first-order valence-electron chi connectivity index (χ1n) is 11.6. The van der Waals surface area contributed by atoms with Crippen LogP contribution in [-0.2, 0) is 28.8 Å². The summed E-state index contributed by atoms with van der Waals surface area (Å²) in [6.45, 7) is 3.53. The molecule has 16 heteroatoms. The first-order chi connectivity index (χ1) is 17.2. The van der Waals surface area contributed by atoms with Crippen LogP contribution in [0.4, 0.5) is 0 Å². The van der Waals surface area contributed by atoms with Crippen molar-refractivity contribution in [1.82, 2.24) is 16.0 Å². The number of guanidine groups is 1. The molecule has 210 valence electrons. The molecule has 0 spiro atoms. The van der Waals surface area contributed by atoms with Crippen molar-refractivity contribution in [3.63, 3.8) is 0 Å². The number of nitrogens with two attached hydrogens (primary N) is 4. The van der Waals surface area contributed by atoms with Crippen molar-refractivity contribution < 1.29 is 39.0 Å². The Morgan fingerprint density at radius 3 is 1.95 bits per heavy atom. The lowest BCUT2D eigenvalue weighted by molar-refractivity contribution is -0.143. The molecule has 0 aromatic carbocycles. The number of carbonyl (C=O) groups is 6. The van der Waals surface area contributed by atoms with E-state index in [0.717, 1.165) is 0 Å². The zero-order valence-electron chi connectivity index (χ0n) is 20.9. The largest absolute Gasteiger partial charge is 0.481 e. The number of carbonyl (C=O) groups excluding carboxylic acids is 4. The number of aliphatic carboxylic acids is 2. The maximum atomic E-state index is 12.9. The van der Waals surface area contributed by atoms with E-state index in [9.17, 15) is 33.9 Å². The van der Waals surface area contributed by atoms with Crippen molar-refractivity contribution in [3.8, 4) is 0 Å². The van der Waals surface area contributed by atoms with Crippen LogP contribution >= 0.6 is 0 Å². The first kappa shape index (κ1) is 33.0. The van der Waals surface area contributed by atoms with E-state index in [1.807, 2.05) is 0 Å². The summed E-state index contributed by atoms with van der Waals surface area (Å²) in [4.78, 5) is 75.8. The lowest BCUT2D eigenvalue weighted by atomic mass is 9.97. The topological polar surface area (TPSA) is 295 Å². The van der Waals surface area contributed by atoms with E-state index in [0.29, 0.717) is 6.42 Å². The number of hydrogen-bond acceptors (Lipinski definition) is 8. The van der Waals surface area contributed by atoms with Gasteiger partial charge in [-0.1, -0.05) is 20.3 Å². The van der Waals surface area contributed by atoms with E-state index >= 15 is 0 Å². The van der Waals surface area contributed by atoms with Gasteiger partial charge in [0.1, 0.15) is 18.1 Å². The van der Waals surface area contributed by atoms with Crippen molar-refractivity contribution in [2.24, 2.45) is 33.8 Å². The summed E-state index contributed by atoms with van der Waals surface area (Å²) >= 11 is 0. The molecule has 0 saturated heterocycles. The molecule has 0 bridgehead atoms. The molecule has 37 heavy (non-hydrogen) atoms. The minimum atomic E-state index is -1.50. The normalized spacial score (nSPS) is 14.7. The highest BCUT2D eigenvalue weighted by Gasteiger charge is 2.33. The summed E-state index contributed by atoms with van der Waals surface area (Å²) < 4.78 is 0. The molecule has 0 heterocycles. The van der Waals surface area contributed by atoms with Gasteiger partial charge in [-0.05, 0) is 25.2 Å². The number of rotatable bonds is 18. The van der Waals surface area contributed by atoms with E-state index in [1.165, 1.54) is 0 Å². The summed E-state index contributed by atoms with van der Waals surface area (Å²) in [6.07, 6.45) is -0.565. The number of carboxylic acids is 2. The van der Waals surface area contributed by atoms with Crippen LogP contribution in [0.15, 0.2) is 4.99 Å². The van der Waals surface area contributed by atoms with Gasteiger partial charge in [-0.15, -0.1) is 0 Å². The standard InChI is InChI=1S/C21H38N8O8/c1-3-10(2)16(19(35)27-12(20(36)37)5-4-8-26-21(24)25)29-18(34)13(9-14(23)30)28-17(33)11(22)6-7-15(31)32/h10-13,16H,3-9,22H2,1-2H3,(H2,23,30)(H,27,35)(H,28,33)(H,29,34)(H,31,32)(H,36,37)(H4,24,25,26). The fourth-order valence-electron chi connectivity index (χ4n) is 3.08. The number of aliphatic imine (C=N–C) groups is 1. The third-order valence-electron chi connectivity index (χ3n) is 5.40. The highest BCUT2D eigenvalue weighted by Crippen LogP contribution is 2.11. The lowest BCUT2D eigenvalue weighted by Gasteiger charge is -2.27. The Labute approximate surface area is 214 Å². The second kappa shape index (κ2) is 16.7. The quantitative estimate of drug-likeness (QED) is 0.0480. The Morgan fingerprint density at radius 2 is 1.46 bits per heavy atom. The molecule has 5 unspecified atom stereocenters. The maximum absolute atomic E-state index is 12.9. The van der Waals surface area contributed by atoms with Gasteiger partial charge in [0.05, 0.1) is 12.5 Å². The molecule has 0 aromatic heterocycles. The molecule has 13 N–H and O–H groups in total. The Bertz CT molecular complexity index is 861.